The molecular formula is C13H11F3N2. The molecule has 5 heteroatoms. The molecular weight excluding hydrogens is 241 g/mol. The van der Waals surface area contributed by atoms with Gasteiger partial charge in [0.05, 0.1) is 5.56 Å². The molecule has 0 fully saturated rings. The highest BCUT2D eigenvalue weighted by molar-refractivity contribution is 5.77. The van der Waals surface area contributed by atoms with Gasteiger partial charge in [-0.05, 0) is 18.1 Å². The van der Waals surface area contributed by atoms with Crippen molar-refractivity contribution in [2.24, 2.45) is 0 Å². The van der Waals surface area contributed by atoms with Crippen LogP contribution in [0.1, 0.15) is 22.5 Å². The van der Waals surface area contributed by atoms with Gasteiger partial charge in [-0.15, -0.1) is 0 Å². The lowest BCUT2D eigenvalue weighted by atomic mass is 9.96. The summed E-state index contributed by atoms with van der Waals surface area (Å²) in [6.07, 6.45) is -1.39. The second kappa shape index (κ2) is 4.33. The summed E-state index contributed by atoms with van der Waals surface area (Å²) in [4.78, 5) is 6.68. The highest BCUT2D eigenvalue weighted by Gasteiger charge is 2.35. The average molecular weight is 252 g/mol. The minimum Gasteiger partial charge on any atom is -0.345 e. The molecule has 0 spiro atoms. The molecule has 0 amide bonds. The second-order valence-corrected chi connectivity index (χ2v) is 3.91. The number of aromatic nitrogens is 2. The minimum atomic E-state index is -4.41. The molecule has 2 aromatic rings. The first-order valence-corrected chi connectivity index (χ1v) is 5.27. The van der Waals surface area contributed by atoms with Crippen molar-refractivity contribution in [3.8, 4) is 0 Å². The molecule has 0 aliphatic heterocycles. The predicted molar refractivity (Wildman–Crippen MR) is 62.9 cm³/mol. The number of hydrogen-bond acceptors (Lipinski definition) is 1. The number of nitrogens with one attached hydrogen (secondary N) is 1. The van der Waals surface area contributed by atoms with Gasteiger partial charge in [0.2, 0.25) is 0 Å². The SMILES string of the molecule is C=C(c1ncc[nH]1)c1cccc(C)c1C(F)(F)F. The largest absolute Gasteiger partial charge is 0.417 e. The molecule has 2 nitrogen and oxygen atoms in total. The zero-order valence-corrected chi connectivity index (χ0v) is 9.67. The zero-order valence-electron chi connectivity index (χ0n) is 9.67. The molecule has 1 aromatic carbocycles. The van der Waals surface area contributed by atoms with Gasteiger partial charge in [-0.1, -0.05) is 24.8 Å². The van der Waals surface area contributed by atoms with E-state index in [-0.39, 0.29) is 16.7 Å². The van der Waals surface area contributed by atoms with E-state index in [4.69, 9.17) is 0 Å². The molecule has 18 heavy (non-hydrogen) atoms. The van der Waals surface area contributed by atoms with Crippen LogP contribution in [0.3, 0.4) is 0 Å². The van der Waals surface area contributed by atoms with Gasteiger partial charge in [0.25, 0.3) is 0 Å². The van der Waals surface area contributed by atoms with Crippen LogP contribution in [0.4, 0.5) is 13.2 Å². The van der Waals surface area contributed by atoms with Gasteiger partial charge in [-0.3, -0.25) is 0 Å². The van der Waals surface area contributed by atoms with Crippen molar-refractivity contribution in [3.63, 3.8) is 0 Å². The summed E-state index contributed by atoms with van der Waals surface area (Å²) in [7, 11) is 0. The summed E-state index contributed by atoms with van der Waals surface area (Å²) < 4.78 is 39.1. The smallest absolute Gasteiger partial charge is 0.345 e. The van der Waals surface area contributed by atoms with Crippen LogP contribution in [0.15, 0.2) is 37.2 Å². The fourth-order valence-corrected chi connectivity index (χ4v) is 1.85. The summed E-state index contributed by atoms with van der Waals surface area (Å²) in [6.45, 7) is 5.12. The molecule has 0 radical (unpaired) electrons. The first-order valence-electron chi connectivity index (χ1n) is 5.27. The lowest BCUT2D eigenvalue weighted by Crippen LogP contribution is -2.11. The van der Waals surface area contributed by atoms with Crippen molar-refractivity contribution in [2.75, 3.05) is 0 Å². The summed E-state index contributed by atoms with van der Waals surface area (Å²) in [5, 5.41) is 0. The molecule has 0 aliphatic carbocycles. The Labute approximate surface area is 102 Å². The van der Waals surface area contributed by atoms with Crippen LogP contribution < -0.4 is 0 Å². The Balaban J connectivity index is 2.59. The quantitative estimate of drug-likeness (QED) is 0.865. The fraction of sp³-hybridized carbons (Fsp3) is 0.154. The lowest BCUT2D eigenvalue weighted by molar-refractivity contribution is -0.138. The van der Waals surface area contributed by atoms with Gasteiger partial charge in [0, 0.05) is 18.0 Å². The van der Waals surface area contributed by atoms with Gasteiger partial charge in [-0.25, -0.2) is 4.98 Å². The van der Waals surface area contributed by atoms with E-state index in [1.807, 2.05) is 0 Å². The van der Waals surface area contributed by atoms with Crippen LogP contribution in [0.5, 0.6) is 0 Å². The summed E-state index contributed by atoms with van der Waals surface area (Å²) in [5.74, 6) is 0.339. The van der Waals surface area contributed by atoms with Crippen LogP contribution in [0, 0.1) is 6.92 Å². The topological polar surface area (TPSA) is 28.7 Å². The third kappa shape index (κ3) is 2.16. The number of nitrogens with zero attached hydrogens (tertiary/aromatic N) is 1. The number of halogens is 3. The minimum absolute atomic E-state index is 0.0532. The van der Waals surface area contributed by atoms with Crippen LogP contribution in [0.25, 0.3) is 5.57 Å². The van der Waals surface area contributed by atoms with Crippen molar-refractivity contribution in [3.05, 3.63) is 59.7 Å². The first-order chi connectivity index (χ1) is 8.41. The lowest BCUT2D eigenvalue weighted by Gasteiger charge is -2.16. The van der Waals surface area contributed by atoms with Crippen molar-refractivity contribution < 1.29 is 13.2 Å². The highest BCUT2D eigenvalue weighted by atomic mass is 19.4. The Bertz CT molecular complexity index is 568. The van der Waals surface area contributed by atoms with E-state index < -0.39 is 11.7 Å². The average Bonchev–Trinajstić information content (AvgIpc) is 2.79. The van der Waals surface area contributed by atoms with Crippen molar-refractivity contribution in [1.29, 1.82) is 0 Å². The predicted octanol–water partition coefficient (Wildman–Crippen LogP) is 3.80. The Hall–Kier alpha value is -2.04. The molecule has 0 saturated heterocycles. The number of imidazole rings is 1. The first kappa shape index (κ1) is 12.4. The summed E-state index contributed by atoms with van der Waals surface area (Å²) in [5.41, 5.74) is -0.201. The van der Waals surface area contributed by atoms with Gasteiger partial charge < -0.3 is 4.98 Å². The van der Waals surface area contributed by atoms with Crippen molar-refractivity contribution in [2.45, 2.75) is 13.1 Å². The summed E-state index contributed by atoms with van der Waals surface area (Å²) in [6, 6.07) is 4.41. The van der Waals surface area contributed by atoms with Gasteiger partial charge in [0.1, 0.15) is 5.82 Å². The van der Waals surface area contributed by atoms with E-state index in [0.29, 0.717) is 5.82 Å². The molecule has 1 aromatic heterocycles. The maximum absolute atomic E-state index is 13.0. The van der Waals surface area contributed by atoms with E-state index in [0.717, 1.165) is 0 Å². The Morgan fingerprint density at radius 3 is 2.61 bits per heavy atom. The maximum atomic E-state index is 13.0. The highest BCUT2D eigenvalue weighted by Crippen LogP contribution is 2.37. The molecule has 94 valence electrons. The number of rotatable bonds is 2. The standard InChI is InChI=1S/C13H11F3N2/c1-8-4-3-5-10(11(8)13(14,15)16)9(2)12-17-6-7-18-12/h3-7H,2H2,1H3,(H,17,18). The Morgan fingerprint density at radius 2 is 2.06 bits per heavy atom. The van der Waals surface area contributed by atoms with E-state index in [1.165, 1.54) is 25.3 Å². The zero-order chi connectivity index (χ0) is 13.3. The van der Waals surface area contributed by atoms with Crippen LogP contribution >= 0.6 is 0 Å². The monoisotopic (exact) mass is 252 g/mol. The molecule has 0 aliphatic rings. The number of H-pyrrole nitrogens is 1. The molecule has 0 bridgehead atoms. The van der Waals surface area contributed by atoms with Crippen molar-refractivity contribution >= 4 is 5.57 Å². The number of benzene rings is 1. The van der Waals surface area contributed by atoms with Crippen molar-refractivity contribution in [1.82, 2.24) is 9.97 Å². The number of alkyl halides is 3. The van der Waals surface area contributed by atoms with E-state index in [2.05, 4.69) is 16.5 Å². The molecule has 0 unspecified atom stereocenters. The van der Waals surface area contributed by atoms with E-state index in [9.17, 15) is 13.2 Å². The van der Waals surface area contributed by atoms with Gasteiger partial charge in [0.15, 0.2) is 0 Å². The molecule has 0 saturated carbocycles. The van der Waals surface area contributed by atoms with Crippen LogP contribution in [0.2, 0.25) is 0 Å². The maximum Gasteiger partial charge on any atom is 0.417 e. The molecule has 0 atom stereocenters. The van der Waals surface area contributed by atoms with E-state index in [1.54, 1.807) is 12.3 Å². The number of aromatic amines is 1. The van der Waals surface area contributed by atoms with E-state index >= 15 is 0 Å². The van der Waals surface area contributed by atoms with Crippen LogP contribution in [-0.2, 0) is 6.18 Å². The molecule has 1 N–H and O–H groups in total. The fourth-order valence-electron chi connectivity index (χ4n) is 1.85. The normalized spacial score (nSPS) is 11.6. The summed E-state index contributed by atoms with van der Waals surface area (Å²) >= 11 is 0. The Kier molecular flexibility index (Phi) is 2.98. The molecule has 2 rings (SSSR count). The number of aryl methyl sites for hydroxylation is 1. The number of hydrogen-bond donors (Lipinski definition) is 1. The van der Waals surface area contributed by atoms with Gasteiger partial charge >= 0.3 is 6.18 Å². The third-order valence-electron chi connectivity index (χ3n) is 2.67. The second-order valence-electron chi connectivity index (χ2n) is 3.91. The third-order valence-corrected chi connectivity index (χ3v) is 2.67. The Morgan fingerprint density at radius 1 is 1.33 bits per heavy atom. The van der Waals surface area contributed by atoms with Crippen LogP contribution in [-0.4, -0.2) is 9.97 Å². The van der Waals surface area contributed by atoms with Gasteiger partial charge in [-0.2, -0.15) is 13.2 Å². The molecule has 1 heterocycles.